The van der Waals surface area contributed by atoms with Crippen LogP contribution in [0.2, 0.25) is 0 Å². The molecule has 0 amide bonds. The summed E-state index contributed by atoms with van der Waals surface area (Å²) >= 11 is 0. The first kappa shape index (κ1) is 15.0. The van der Waals surface area contributed by atoms with Gasteiger partial charge in [0.2, 0.25) is 0 Å². The summed E-state index contributed by atoms with van der Waals surface area (Å²) in [6, 6.07) is 0.655. The minimum absolute atomic E-state index is 0.308. The quantitative estimate of drug-likeness (QED) is 0.925. The molecule has 0 saturated carbocycles. The third kappa shape index (κ3) is 3.16. The van der Waals surface area contributed by atoms with Gasteiger partial charge in [0, 0.05) is 36.4 Å². The molecule has 2 aliphatic heterocycles. The highest BCUT2D eigenvalue weighted by molar-refractivity contribution is 5.16. The lowest BCUT2D eigenvalue weighted by atomic mass is 9.78. The van der Waals surface area contributed by atoms with E-state index in [-0.39, 0.29) is 0 Å². The smallest absolute Gasteiger partial charge is 0.0950 e. The Labute approximate surface area is 128 Å². The van der Waals surface area contributed by atoms with Crippen molar-refractivity contribution in [1.29, 1.82) is 0 Å². The van der Waals surface area contributed by atoms with E-state index in [0.29, 0.717) is 11.5 Å². The Morgan fingerprint density at radius 1 is 1.29 bits per heavy atom. The number of nitrogens with zero attached hydrogens (tertiary/aromatic N) is 3. The predicted octanol–water partition coefficient (Wildman–Crippen LogP) is 2.57. The van der Waals surface area contributed by atoms with Crippen LogP contribution in [0.4, 0.5) is 0 Å². The van der Waals surface area contributed by atoms with Crippen LogP contribution in [0.1, 0.15) is 57.7 Å². The van der Waals surface area contributed by atoms with Gasteiger partial charge in [-0.25, -0.2) is 4.98 Å². The van der Waals surface area contributed by atoms with Gasteiger partial charge in [-0.1, -0.05) is 13.8 Å². The number of hydrogen-bond donors (Lipinski definition) is 1. The van der Waals surface area contributed by atoms with Crippen LogP contribution >= 0.6 is 0 Å². The monoisotopic (exact) mass is 290 g/mol. The van der Waals surface area contributed by atoms with Gasteiger partial charge in [0.25, 0.3) is 0 Å². The Morgan fingerprint density at radius 3 is 2.67 bits per heavy atom. The molecule has 0 atom stereocenters. The Bertz CT molecular complexity index is 439. The van der Waals surface area contributed by atoms with Gasteiger partial charge in [-0.3, -0.25) is 0 Å². The summed E-state index contributed by atoms with van der Waals surface area (Å²) in [6.45, 7) is 10.7. The fourth-order valence-electron chi connectivity index (χ4n) is 4.04. The molecular formula is C17H30N4. The van der Waals surface area contributed by atoms with Crippen molar-refractivity contribution < 1.29 is 0 Å². The van der Waals surface area contributed by atoms with E-state index in [4.69, 9.17) is 0 Å². The average molecular weight is 290 g/mol. The first-order chi connectivity index (χ1) is 10.2. The zero-order chi connectivity index (χ0) is 14.7. The lowest BCUT2D eigenvalue weighted by Crippen LogP contribution is -2.40. The molecule has 3 heterocycles. The minimum atomic E-state index is 0.308. The molecule has 0 aliphatic carbocycles. The predicted molar refractivity (Wildman–Crippen MR) is 86.7 cm³/mol. The third-order valence-corrected chi connectivity index (χ3v) is 5.48. The summed E-state index contributed by atoms with van der Waals surface area (Å²) in [5.74, 6) is 0. The van der Waals surface area contributed by atoms with E-state index in [1.807, 2.05) is 0 Å². The molecule has 1 aromatic heterocycles. The van der Waals surface area contributed by atoms with Gasteiger partial charge in [0.15, 0.2) is 0 Å². The van der Waals surface area contributed by atoms with Crippen LogP contribution in [0.15, 0.2) is 12.5 Å². The maximum absolute atomic E-state index is 4.50. The number of nitrogens with one attached hydrogen (secondary N) is 1. The standard InChI is InChI=1S/C17H30N4/c1-3-10-20-11-4-15(5-12-20)21-14-19-13-16(21)17(2)6-8-18-9-7-17/h13-15,18H,3-12H2,1-2H3. The van der Waals surface area contributed by atoms with Crippen LogP contribution in [0.5, 0.6) is 0 Å². The number of piperidine rings is 2. The van der Waals surface area contributed by atoms with Crippen LogP contribution in [0, 0.1) is 0 Å². The van der Waals surface area contributed by atoms with Gasteiger partial charge >= 0.3 is 0 Å². The SMILES string of the molecule is CCCN1CCC(n2cncc2C2(C)CCNCC2)CC1. The summed E-state index contributed by atoms with van der Waals surface area (Å²) in [6.07, 6.45) is 10.5. The van der Waals surface area contributed by atoms with Gasteiger partial charge in [-0.05, 0) is 51.7 Å². The normalized spacial score (nSPS) is 24.3. The zero-order valence-corrected chi connectivity index (χ0v) is 13.6. The van der Waals surface area contributed by atoms with Crippen LogP contribution in [-0.2, 0) is 5.41 Å². The van der Waals surface area contributed by atoms with Crippen LogP contribution < -0.4 is 5.32 Å². The van der Waals surface area contributed by atoms with E-state index < -0.39 is 0 Å². The fraction of sp³-hybridized carbons (Fsp3) is 0.824. The van der Waals surface area contributed by atoms with Crippen LogP contribution in [0.25, 0.3) is 0 Å². The van der Waals surface area contributed by atoms with Crippen LogP contribution in [-0.4, -0.2) is 47.2 Å². The van der Waals surface area contributed by atoms with E-state index in [1.54, 1.807) is 0 Å². The fourth-order valence-corrected chi connectivity index (χ4v) is 4.04. The maximum Gasteiger partial charge on any atom is 0.0950 e. The number of rotatable bonds is 4. The minimum Gasteiger partial charge on any atom is -0.331 e. The number of hydrogen-bond acceptors (Lipinski definition) is 3. The molecule has 0 bridgehead atoms. The van der Waals surface area contributed by atoms with Gasteiger partial charge in [0.05, 0.1) is 6.33 Å². The van der Waals surface area contributed by atoms with Gasteiger partial charge in [-0.15, -0.1) is 0 Å². The number of imidazole rings is 1. The van der Waals surface area contributed by atoms with Crippen molar-refractivity contribution in [2.45, 2.75) is 57.4 Å². The third-order valence-electron chi connectivity index (χ3n) is 5.48. The van der Waals surface area contributed by atoms with Crippen molar-refractivity contribution in [2.75, 3.05) is 32.7 Å². The average Bonchev–Trinajstić information content (AvgIpc) is 2.99. The molecule has 2 fully saturated rings. The summed E-state index contributed by atoms with van der Waals surface area (Å²) < 4.78 is 2.51. The maximum atomic E-state index is 4.50. The molecule has 4 nitrogen and oxygen atoms in total. The van der Waals surface area contributed by atoms with Crippen molar-refractivity contribution in [1.82, 2.24) is 19.8 Å². The van der Waals surface area contributed by atoms with E-state index in [1.165, 1.54) is 57.4 Å². The molecule has 2 saturated heterocycles. The molecular weight excluding hydrogens is 260 g/mol. The van der Waals surface area contributed by atoms with E-state index in [0.717, 1.165) is 13.1 Å². The molecule has 4 heteroatoms. The Kier molecular flexibility index (Phi) is 4.65. The molecule has 0 unspecified atom stereocenters. The summed E-state index contributed by atoms with van der Waals surface area (Å²) in [4.78, 5) is 7.11. The molecule has 118 valence electrons. The van der Waals surface area contributed by atoms with E-state index in [9.17, 15) is 0 Å². The molecule has 1 aromatic rings. The molecule has 0 radical (unpaired) electrons. The molecule has 21 heavy (non-hydrogen) atoms. The Morgan fingerprint density at radius 2 is 2.00 bits per heavy atom. The number of aromatic nitrogens is 2. The van der Waals surface area contributed by atoms with Crippen molar-refractivity contribution in [3.63, 3.8) is 0 Å². The second-order valence-electron chi connectivity index (χ2n) is 7.07. The molecule has 3 rings (SSSR count). The van der Waals surface area contributed by atoms with E-state index in [2.05, 4.69) is 46.1 Å². The van der Waals surface area contributed by atoms with Crippen molar-refractivity contribution in [2.24, 2.45) is 0 Å². The van der Waals surface area contributed by atoms with Gasteiger partial charge < -0.3 is 14.8 Å². The second-order valence-corrected chi connectivity index (χ2v) is 7.07. The van der Waals surface area contributed by atoms with Gasteiger partial charge in [0.1, 0.15) is 0 Å². The Hall–Kier alpha value is -0.870. The summed E-state index contributed by atoms with van der Waals surface area (Å²) in [5.41, 5.74) is 1.78. The highest BCUT2D eigenvalue weighted by Gasteiger charge is 2.33. The first-order valence-electron chi connectivity index (χ1n) is 8.68. The van der Waals surface area contributed by atoms with Gasteiger partial charge in [-0.2, -0.15) is 0 Å². The largest absolute Gasteiger partial charge is 0.331 e. The van der Waals surface area contributed by atoms with E-state index >= 15 is 0 Å². The molecule has 1 N–H and O–H groups in total. The topological polar surface area (TPSA) is 33.1 Å². The van der Waals surface area contributed by atoms with Crippen LogP contribution in [0.3, 0.4) is 0 Å². The van der Waals surface area contributed by atoms with Crippen molar-refractivity contribution in [3.8, 4) is 0 Å². The lowest BCUT2D eigenvalue weighted by molar-refractivity contribution is 0.180. The lowest BCUT2D eigenvalue weighted by Gasteiger charge is -2.38. The van der Waals surface area contributed by atoms with Crippen molar-refractivity contribution >= 4 is 0 Å². The molecule has 0 spiro atoms. The summed E-state index contributed by atoms with van der Waals surface area (Å²) in [5, 5.41) is 3.48. The van der Waals surface area contributed by atoms with Crippen molar-refractivity contribution in [3.05, 3.63) is 18.2 Å². The first-order valence-corrected chi connectivity index (χ1v) is 8.68. The Balaban J connectivity index is 1.71. The highest BCUT2D eigenvalue weighted by Crippen LogP contribution is 2.35. The molecule has 2 aliphatic rings. The number of likely N-dealkylation sites (tertiary alicyclic amines) is 1. The zero-order valence-electron chi connectivity index (χ0n) is 13.6. The second kappa shape index (κ2) is 6.49. The molecule has 0 aromatic carbocycles. The summed E-state index contributed by atoms with van der Waals surface area (Å²) in [7, 11) is 0. The highest BCUT2D eigenvalue weighted by atomic mass is 15.2.